The van der Waals surface area contributed by atoms with Crippen molar-refractivity contribution < 1.29 is 22.6 Å². The second-order valence-electron chi connectivity index (χ2n) is 5.02. The van der Waals surface area contributed by atoms with Gasteiger partial charge >= 0.3 is 6.18 Å². The van der Waals surface area contributed by atoms with E-state index >= 15 is 0 Å². The molecule has 0 amide bonds. The fraction of sp³-hybridized carbons (Fsp3) is 0.467. The normalized spacial score (nSPS) is 12.0. The van der Waals surface area contributed by atoms with Crippen LogP contribution in [0.15, 0.2) is 28.2 Å². The summed E-state index contributed by atoms with van der Waals surface area (Å²) in [6.45, 7) is -0.825. The van der Waals surface area contributed by atoms with Crippen LogP contribution in [0.1, 0.15) is 0 Å². The minimum absolute atomic E-state index is 0.113. The summed E-state index contributed by atoms with van der Waals surface area (Å²) in [6.07, 6.45) is -4.36. The maximum Gasteiger partial charge on any atom is 0.411 e. The number of rotatable bonds is 8. The number of aromatic nitrogens is 2. The highest BCUT2D eigenvalue weighted by molar-refractivity contribution is 7.99. The van der Waals surface area contributed by atoms with Gasteiger partial charge in [-0.1, -0.05) is 23.4 Å². The molecule has 0 saturated carbocycles. The first-order valence-corrected chi connectivity index (χ1v) is 8.64. The lowest BCUT2D eigenvalue weighted by Crippen LogP contribution is -2.25. The summed E-state index contributed by atoms with van der Waals surface area (Å²) in [7, 11) is 1.51. The van der Waals surface area contributed by atoms with Crippen LogP contribution in [0.4, 0.5) is 13.2 Å². The lowest BCUT2D eigenvalue weighted by atomic mass is 10.2. The molecule has 0 spiro atoms. The summed E-state index contributed by atoms with van der Waals surface area (Å²) in [5.74, 6) is 0.224. The molecule has 1 heterocycles. The maximum absolute atomic E-state index is 12.6. The number of nitrogens with zero attached hydrogens (tertiary/aromatic N) is 2. The molecule has 138 valence electrons. The van der Waals surface area contributed by atoms with Gasteiger partial charge in [0.15, 0.2) is 5.16 Å². The number of hydrogen-bond donors (Lipinski definition) is 0. The Balaban J connectivity index is 2.19. The van der Waals surface area contributed by atoms with Crippen molar-refractivity contribution in [1.29, 1.82) is 0 Å². The van der Waals surface area contributed by atoms with Gasteiger partial charge in [-0.25, -0.2) is 4.98 Å². The van der Waals surface area contributed by atoms with Crippen LogP contribution in [0.25, 0.3) is 10.9 Å². The monoisotopic (exact) mass is 396 g/mol. The zero-order valence-corrected chi connectivity index (χ0v) is 14.9. The Morgan fingerprint density at radius 1 is 1.32 bits per heavy atom. The van der Waals surface area contributed by atoms with Gasteiger partial charge in [0.1, 0.15) is 6.61 Å². The molecule has 10 heteroatoms. The molecule has 5 nitrogen and oxygen atoms in total. The van der Waals surface area contributed by atoms with Crippen molar-refractivity contribution in [2.45, 2.75) is 17.9 Å². The van der Waals surface area contributed by atoms with E-state index in [2.05, 4.69) is 9.72 Å². The smallest absolute Gasteiger partial charge is 0.383 e. The molecule has 0 aliphatic rings. The molecular formula is C15H16ClF3N2O3S. The van der Waals surface area contributed by atoms with E-state index in [0.717, 1.165) is 11.8 Å². The number of methoxy groups -OCH3 is 1. The van der Waals surface area contributed by atoms with Gasteiger partial charge in [0.25, 0.3) is 5.56 Å². The number of halogens is 4. The molecule has 0 N–H and O–H groups in total. The van der Waals surface area contributed by atoms with E-state index in [9.17, 15) is 18.0 Å². The van der Waals surface area contributed by atoms with Crippen molar-refractivity contribution in [2.75, 3.05) is 32.7 Å². The van der Waals surface area contributed by atoms with Crippen LogP contribution in [0.2, 0.25) is 5.02 Å². The van der Waals surface area contributed by atoms with Crippen LogP contribution in [0, 0.1) is 0 Å². The van der Waals surface area contributed by atoms with Crippen molar-refractivity contribution in [1.82, 2.24) is 9.55 Å². The minimum Gasteiger partial charge on any atom is -0.383 e. The minimum atomic E-state index is -4.36. The molecule has 1 aromatic heterocycles. The highest BCUT2D eigenvalue weighted by atomic mass is 35.5. The predicted molar refractivity (Wildman–Crippen MR) is 90.5 cm³/mol. The van der Waals surface area contributed by atoms with E-state index in [0.29, 0.717) is 27.7 Å². The molecule has 0 unspecified atom stereocenters. The molecule has 0 aliphatic heterocycles. The molecule has 0 bridgehead atoms. The molecule has 2 aromatic rings. The first kappa shape index (κ1) is 20.0. The Morgan fingerprint density at radius 3 is 2.76 bits per heavy atom. The number of fused-ring (bicyclic) bond motifs is 1. The zero-order chi connectivity index (χ0) is 18.4. The third kappa shape index (κ3) is 5.88. The van der Waals surface area contributed by atoms with E-state index in [1.54, 1.807) is 18.2 Å². The number of ether oxygens (including phenoxy) is 2. The van der Waals surface area contributed by atoms with E-state index in [4.69, 9.17) is 16.3 Å². The van der Waals surface area contributed by atoms with Gasteiger partial charge in [-0.3, -0.25) is 9.36 Å². The van der Waals surface area contributed by atoms with E-state index in [1.165, 1.54) is 11.7 Å². The molecule has 25 heavy (non-hydrogen) atoms. The largest absolute Gasteiger partial charge is 0.411 e. The Labute approximate surface area is 151 Å². The Kier molecular flexibility index (Phi) is 7.12. The lowest BCUT2D eigenvalue weighted by molar-refractivity contribution is -0.172. The molecule has 0 atom stereocenters. The van der Waals surface area contributed by atoms with Gasteiger partial charge in [-0.05, 0) is 18.2 Å². The summed E-state index contributed by atoms with van der Waals surface area (Å²) in [6, 6.07) is 4.77. The standard InChI is InChI=1S/C15H16ClF3N2O3S/c1-23-5-4-21-13(22)11-3-2-10(16)8-12(11)20-14(21)25-7-6-24-9-15(17,18)19/h2-3,8H,4-7,9H2,1H3. The average Bonchev–Trinajstić information content (AvgIpc) is 2.52. The summed E-state index contributed by atoms with van der Waals surface area (Å²) in [5, 5.41) is 1.24. The molecule has 0 saturated heterocycles. The van der Waals surface area contributed by atoms with Crippen LogP contribution < -0.4 is 5.56 Å². The van der Waals surface area contributed by atoms with Gasteiger partial charge in [0.2, 0.25) is 0 Å². The summed E-state index contributed by atoms with van der Waals surface area (Å²) < 4.78 is 47.2. The first-order chi connectivity index (χ1) is 11.8. The van der Waals surface area contributed by atoms with Gasteiger partial charge in [0.05, 0.1) is 30.7 Å². The Bertz CT molecular complexity index is 783. The van der Waals surface area contributed by atoms with Crippen molar-refractivity contribution in [2.24, 2.45) is 0 Å². The molecule has 0 radical (unpaired) electrons. The van der Waals surface area contributed by atoms with Crippen molar-refractivity contribution in [3.63, 3.8) is 0 Å². The molecule has 0 fully saturated rings. The zero-order valence-electron chi connectivity index (χ0n) is 13.3. The van der Waals surface area contributed by atoms with Gasteiger partial charge < -0.3 is 9.47 Å². The number of benzene rings is 1. The molecule has 0 aliphatic carbocycles. The predicted octanol–water partition coefficient (Wildman–Crippen LogP) is 3.37. The summed E-state index contributed by atoms with van der Waals surface area (Å²) >= 11 is 7.08. The summed E-state index contributed by atoms with van der Waals surface area (Å²) in [4.78, 5) is 17.0. The summed E-state index contributed by atoms with van der Waals surface area (Å²) in [5.41, 5.74) is 0.183. The number of thioether (sulfide) groups is 1. The molecule has 2 rings (SSSR count). The first-order valence-electron chi connectivity index (χ1n) is 7.28. The Hall–Kier alpha value is -1.29. The van der Waals surface area contributed by atoms with E-state index < -0.39 is 12.8 Å². The topological polar surface area (TPSA) is 53.4 Å². The van der Waals surface area contributed by atoms with Crippen molar-refractivity contribution in [3.05, 3.63) is 33.6 Å². The van der Waals surface area contributed by atoms with Crippen molar-refractivity contribution >= 4 is 34.3 Å². The van der Waals surface area contributed by atoms with Crippen LogP contribution in [0.5, 0.6) is 0 Å². The van der Waals surface area contributed by atoms with Crippen LogP contribution in [0.3, 0.4) is 0 Å². The average molecular weight is 397 g/mol. The third-order valence-corrected chi connectivity index (χ3v) is 4.30. The van der Waals surface area contributed by atoms with Crippen LogP contribution in [-0.2, 0) is 16.0 Å². The van der Waals surface area contributed by atoms with Gasteiger partial charge in [0, 0.05) is 17.9 Å². The van der Waals surface area contributed by atoms with Crippen LogP contribution in [-0.4, -0.2) is 48.4 Å². The van der Waals surface area contributed by atoms with Gasteiger partial charge in [-0.15, -0.1) is 0 Å². The number of hydrogen-bond acceptors (Lipinski definition) is 5. The number of alkyl halides is 3. The van der Waals surface area contributed by atoms with Crippen LogP contribution >= 0.6 is 23.4 Å². The van der Waals surface area contributed by atoms with Gasteiger partial charge in [-0.2, -0.15) is 13.2 Å². The Morgan fingerprint density at radius 2 is 2.08 bits per heavy atom. The van der Waals surface area contributed by atoms with E-state index in [-0.39, 0.29) is 24.5 Å². The maximum atomic E-state index is 12.6. The highest BCUT2D eigenvalue weighted by Gasteiger charge is 2.27. The lowest BCUT2D eigenvalue weighted by Gasteiger charge is -2.13. The molecule has 1 aromatic carbocycles. The second-order valence-corrected chi connectivity index (χ2v) is 6.52. The van der Waals surface area contributed by atoms with E-state index in [1.807, 2.05) is 0 Å². The fourth-order valence-electron chi connectivity index (χ4n) is 2.04. The fourth-order valence-corrected chi connectivity index (χ4v) is 3.09. The SMILES string of the molecule is COCCn1c(SCCOCC(F)(F)F)nc2cc(Cl)ccc2c1=O. The van der Waals surface area contributed by atoms with Crippen molar-refractivity contribution in [3.8, 4) is 0 Å². The molecular weight excluding hydrogens is 381 g/mol. The third-order valence-electron chi connectivity index (χ3n) is 3.13. The second kappa shape index (κ2) is 8.88. The highest BCUT2D eigenvalue weighted by Crippen LogP contribution is 2.21. The quantitative estimate of drug-likeness (QED) is 0.389.